The lowest BCUT2D eigenvalue weighted by Gasteiger charge is -2.09. The predicted octanol–water partition coefficient (Wildman–Crippen LogP) is 1.99. The lowest BCUT2D eigenvalue weighted by atomic mass is 10.2. The standard InChI is InChI=1S/C17H20N6O/c1-23(2)8-7-18-16(24)15-9-13(11-19-15)21-17-20-10-12-5-3-4-6-14(12)22-17/h3-6,9-11,19H,7-8H2,1-2H3,(H,18,24)(H,20,21,22). The van der Waals surface area contributed by atoms with Crippen molar-refractivity contribution < 1.29 is 4.79 Å². The Morgan fingerprint density at radius 3 is 2.96 bits per heavy atom. The van der Waals surface area contributed by atoms with E-state index in [2.05, 4.69) is 25.6 Å². The highest BCUT2D eigenvalue weighted by atomic mass is 16.1. The van der Waals surface area contributed by atoms with E-state index < -0.39 is 0 Å². The average molecular weight is 324 g/mol. The third kappa shape index (κ3) is 3.88. The van der Waals surface area contributed by atoms with Crippen molar-refractivity contribution in [3.05, 3.63) is 48.4 Å². The Balaban J connectivity index is 1.65. The van der Waals surface area contributed by atoms with Crippen LogP contribution in [-0.2, 0) is 0 Å². The topological polar surface area (TPSA) is 85.9 Å². The number of para-hydroxylation sites is 1. The van der Waals surface area contributed by atoms with Crippen LogP contribution in [0.4, 0.5) is 11.6 Å². The van der Waals surface area contributed by atoms with Crippen molar-refractivity contribution in [2.45, 2.75) is 0 Å². The van der Waals surface area contributed by atoms with Gasteiger partial charge in [-0.2, -0.15) is 0 Å². The molecule has 3 aromatic rings. The molecule has 0 radical (unpaired) electrons. The van der Waals surface area contributed by atoms with E-state index in [4.69, 9.17) is 0 Å². The van der Waals surface area contributed by atoms with E-state index >= 15 is 0 Å². The van der Waals surface area contributed by atoms with Crippen LogP contribution < -0.4 is 10.6 Å². The molecular weight excluding hydrogens is 304 g/mol. The minimum atomic E-state index is -0.135. The minimum Gasteiger partial charge on any atom is -0.355 e. The summed E-state index contributed by atoms with van der Waals surface area (Å²) in [6.07, 6.45) is 3.49. The number of aromatic amines is 1. The van der Waals surface area contributed by atoms with Gasteiger partial charge in [-0.1, -0.05) is 18.2 Å². The van der Waals surface area contributed by atoms with Crippen molar-refractivity contribution in [2.75, 3.05) is 32.5 Å². The summed E-state index contributed by atoms with van der Waals surface area (Å²) in [7, 11) is 3.93. The van der Waals surface area contributed by atoms with Gasteiger partial charge in [0.1, 0.15) is 5.69 Å². The maximum absolute atomic E-state index is 12.0. The highest BCUT2D eigenvalue weighted by Gasteiger charge is 2.09. The Morgan fingerprint density at radius 1 is 1.29 bits per heavy atom. The maximum atomic E-state index is 12.0. The van der Waals surface area contributed by atoms with Gasteiger partial charge in [-0.25, -0.2) is 9.97 Å². The molecule has 7 nitrogen and oxygen atoms in total. The summed E-state index contributed by atoms with van der Waals surface area (Å²) >= 11 is 0. The molecule has 0 bridgehead atoms. The van der Waals surface area contributed by atoms with E-state index in [1.54, 1.807) is 18.5 Å². The summed E-state index contributed by atoms with van der Waals surface area (Å²) < 4.78 is 0. The summed E-state index contributed by atoms with van der Waals surface area (Å²) in [4.78, 5) is 25.8. The molecule has 0 aliphatic carbocycles. The van der Waals surface area contributed by atoms with Crippen LogP contribution in [0, 0.1) is 0 Å². The quantitative estimate of drug-likeness (QED) is 0.645. The van der Waals surface area contributed by atoms with Gasteiger partial charge in [-0.05, 0) is 26.2 Å². The van der Waals surface area contributed by atoms with Gasteiger partial charge >= 0.3 is 0 Å². The normalized spacial score (nSPS) is 11.0. The molecular formula is C17H20N6O. The molecule has 3 N–H and O–H groups in total. The third-order valence-electron chi connectivity index (χ3n) is 3.52. The van der Waals surface area contributed by atoms with Crippen LogP contribution >= 0.6 is 0 Å². The molecule has 0 aliphatic rings. The van der Waals surface area contributed by atoms with Gasteiger partial charge in [0.2, 0.25) is 5.95 Å². The Kier molecular flexibility index (Phi) is 4.72. The molecule has 0 atom stereocenters. The zero-order valence-electron chi connectivity index (χ0n) is 13.7. The van der Waals surface area contributed by atoms with Crippen molar-refractivity contribution in [1.29, 1.82) is 0 Å². The fourth-order valence-electron chi connectivity index (χ4n) is 2.25. The van der Waals surface area contributed by atoms with Crippen LogP contribution in [0.25, 0.3) is 10.9 Å². The molecule has 2 aromatic heterocycles. The van der Waals surface area contributed by atoms with E-state index in [1.165, 1.54) is 0 Å². The number of fused-ring (bicyclic) bond motifs is 1. The van der Waals surface area contributed by atoms with Crippen LogP contribution in [0.5, 0.6) is 0 Å². The summed E-state index contributed by atoms with van der Waals surface area (Å²) in [5.74, 6) is 0.358. The Bertz CT molecular complexity index is 842. The number of nitrogens with one attached hydrogen (secondary N) is 3. The maximum Gasteiger partial charge on any atom is 0.267 e. The number of nitrogens with zero attached hydrogens (tertiary/aromatic N) is 3. The fourth-order valence-corrected chi connectivity index (χ4v) is 2.25. The number of likely N-dealkylation sites (N-methyl/N-ethyl adjacent to an activating group) is 1. The van der Waals surface area contributed by atoms with Crippen LogP contribution in [0.15, 0.2) is 42.7 Å². The molecule has 0 spiro atoms. The number of anilines is 2. The molecule has 124 valence electrons. The molecule has 3 rings (SSSR count). The highest BCUT2D eigenvalue weighted by Crippen LogP contribution is 2.17. The van der Waals surface area contributed by atoms with E-state index in [1.807, 2.05) is 43.3 Å². The number of benzene rings is 1. The van der Waals surface area contributed by atoms with Crippen molar-refractivity contribution in [2.24, 2.45) is 0 Å². The van der Waals surface area contributed by atoms with Gasteiger partial charge in [0.15, 0.2) is 0 Å². The number of carbonyl (C=O) groups is 1. The van der Waals surface area contributed by atoms with Gasteiger partial charge in [-0.15, -0.1) is 0 Å². The lowest BCUT2D eigenvalue weighted by molar-refractivity contribution is 0.0946. The second-order valence-corrected chi connectivity index (χ2v) is 5.74. The van der Waals surface area contributed by atoms with Crippen LogP contribution in [0.2, 0.25) is 0 Å². The zero-order chi connectivity index (χ0) is 16.9. The van der Waals surface area contributed by atoms with Crippen molar-refractivity contribution in [3.63, 3.8) is 0 Å². The number of carbonyl (C=O) groups excluding carboxylic acids is 1. The molecule has 1 aromatic carbocycles. The Hall–Kier alpha value is -2.93. The van der Waals surface area contributed by atoms with Crippen LogP contribution in [-0.4, -0.2) is 52.9 Å². The molecule has 0 aliphatic heterocycles. The first-order chi connectivity index (χ1) is 11.6. The van der Waals surface area contributed by atoms with E-state index in [9.17, 15) is 4.79 Å². The van der Waals surface area contributed by atoms with Gasteiger partial charge in [0, 0.05) is 30.9 Å². The first-order valence-electron chi connectivity index (χ1n) is 7.72. The van der Waals surface area contributed by atoms with Gasteiger partial charge in [0.25, 0.3) is 5.91 Å². The summed E-state index contributed by atoms with van der Waals surface area (Å²) in [6, 6.07) is 9.52. The zero-order valence-corrected chi connectivity index (χ0v) is 13.7. The number of H-pyrrole nitrogens is 1. The molecule has 24 heavy (non-hydrogen) atoms. The molecule has 0 unspecified atom stereocenters. The smallest absolute Gasteiger partial charge is 0.267 e. The van der Waals surface area contributed by atoms with Crippen molar-refractivity contribution >= 4 is 28.4 Å². The van der Waals surface area contributed by atoms with Gasteiger partial charge in [-0.3, -0.25) is 4.79 Å². The number of amides is 1. The molecule has 1 amide bonds. The van der Waals surface area contributed by atoms with Crippen molar-refractivity contribution in [1.82, 2.24) is 25.2 Å². The lowest BCUT2D eigenvalue weighted by Crippen LogP contribution is -2.31. The third-order valence-corrected chi connectivity index (χ3v) is 3.52. The van der Waals surface area contributed by atoms with E-state index in [0.717, 1.165) is 23.1 Å². The van der Waals surface area contributed by atoms with Gasteiger partial charge in [0.05, 0.1) is 11.2 Å². The number of hydrogen-bond donors (Lipinski definition) is 3. The summed E-state index contributed by atoms with van der Waals surface area (Å²) in [5.41, 5.74) is 2.10. The van der Waals surface area contributed by atoms with E-state index in [-0.39, 0.29) is 5.91 Å². The first-order valence-corrected chi connectivity index (χ1v) is 7.72. The number of rotatable bonds is 6. The SMILES string of the molecule is CN(C)CCNC(=O)c1cc(Nc2ncc3ccccc3n2)c[nH]1. The van der Waals surface area contributed by atoms with E-state index in [0.29, 0.717) is 18.2 Å². The highest BCUT2D eigenvalue weighted by molar-refractivity contribution is 5.93. The van der Waals surface area contributed by atoms with Crippen LogP contribution in [0.3, 0.4) is 0 Å². The predicted molar refractivity (Wildman–Crippen MR) is 94.5 cm³/mol. The minimum absolute atomic E-state index is 0.135. The molecule has 2 heterocycles. The van der Waals surface area contributed by atoms with Crippen LogP contribution in [0.1, 0.15) is 10.5 Å². The monoisotopic (exact) mass is 324 g/mol. The molecule has 7 heteroatoms. The summed E-state index contributed by atoms with van der Waals surface area (Å²) in [5, 5.41) is 6.95. The Morgan fingerprint density at radius 2 is 2.12 bits per heavy atom. The van der Waals surface area contributed by atoms with Crippen molar-refractivity contribution in [3.8, 4) is 0 Å². The molecule has 0 saturated carbocycles. The fraction of sp³-hybridized carbons (Fsp3) is 0.235. The molecule has 0 saturated heterocycles. The van der Waals surface area contributed by atoms with Gasteiger partial charge < -0.3 is 20.5 Å². The largest absolute Gasteiger partial charge is 0.355 e. The molecule has 0 fully saturated rings. The average Bonchev–Trinajstić information content (AvgIpc) is 3.03. The number of hydrogen-bond acceptors (Lipinski definition) is 5. The number of aromatic nitrogens is 3. The summed E-state index contributed by atoms with van der Waals surface area (Å²) in [6.45, 7) is 1.39. The second kappa shape index (κ2) is 7.10. The Labute approximate surface area is 140 Å². The second-order valence-electron chi connectivity index (χ2n) is 5.74. The first kappa shape index (κ1) is 15.9.